The van der Waals surface area contributed by atoms with Crippen molar-refractivity contribution in [2.75, 3.05) is 0 Å². The molecule has 0 aliphatic carbocycles. The summed E-state index contributed by atoms with van der Waals surface area (Å²) in [5, 5.41) is 4.11. The maximum atomic E-state index is 11.6. The zero-order valence-electron chi connectivity index (χ0n) is 14.7. The lowest BCUT2D eigenvalue weighted by atomic mass is 9.92. The quantitative estimate of drug-likeness (QED) is 0.785. The Hall–Kier alpha value is -3.21. The predicted octanol–water partition coefficient (Wildman–Crippen LogP) is 3.73. The maximum Gasteiger partial charge on any atom is 0.220 e. The summed E-state index contributed by atoms with van der Waals surface area (Å²) in [6, 6.07) is 15.8. The number of benzene rings is 2. The van der Waals surface area contributed by atoms with Gasteiger partial charge in [-0.05, 0) is 19.4 Å². The molecule has 2 heterocycles. The molecule has 0 fully saturated rings. The molecule has 0 unspecified atom stereocenters. The zero-order valence-corrected chi connectivity index (χ0v) is 14.7. The normalized spacial score (nSPS) is 15.6. The van der Waals surface area contributed by atoms with E-state index >= 15 is 0 Å². The van der Waals surface area contributed by atoms with Crippen LogP contribution in [0.15, 0.2) is 58.0 Å². The van der Waals surface area contributed by atoms with Gasteiger partial charge in [0, 0.05) is 11.1 Å². The Bertz CT molecular complexity index is 1020. The first-order valence-corrected chi connectivity index (χ1v) is 8.53. The van der Waals surface area contributed by atoms with Crippen molar-refractivity contribution in [3.05, 3.63) is 76.7 Å². The van der Waals surface area contributed by atoms with Crippen LogP contribution in [0, 0.1) is 13.8 Å². The Kier molecular flexibility index (Phi) is 3.92. The van der Waals surface area contributed by atoms with Crippen LogP contribution in [0.4, 0.5) is 0 Å². The zero-order chi connectivity index (χ0) is 18.3. The lowest BCUT2D eigenvalue weighted by Crippen LogP contribution is -2.15. The Morgan fingerprint density at radius 3 is 2.46 bits per heavy atom. The van der Waals surface area contributed by atoms with Gasteiger partial charge in [-0.2, -0.15) is 0 Å². The monoisotopic (exact) mass is 345 g/mol. The molecular formula is C21H19N3O2. The number of rotatable bonds is 3. The second-order valence-electron chi connectivity index (χ2n) is 6.58. The van der Waals surface area contributed by atoms with E-state index in [0.717, 1.165) is 33.7 Å². The molecule has 5 nitrogen and oxygen atoms in total. The van der Waals surface area contributed by atoms with Crippen LogP contribution in [0.5, 0.6) is 0 Å². The molecular weight excluding hydrogens is 326 g/mol. The first kappa shape index (κ1) is 16.3. The number of fused-ring (bicyclic) bond motifs is 3. The summed E-state index contributed by atoms with van der Waals surface area (Å²) in [6.45, 7) is 3.95. The fraction of sp³-hybridized carbons (Fsp3) is 0.190. The minimum Gasteiger partial charge on any atom is -0.370 e. The van der Waals surface area contributed by atoms with Gasteiger partial charge in [-0.3, -0.25) is 9.79 Å². The van der Waals surface area contributed by atoms with Crippen molar-refractivity contribution < 1.29 is 9.32 Å². The molecule has 0 bridgehead atoms. The van der Waals surface area contributed by atoms with Crippen LogP contribution in [0.2, 0.25) is 0 Å². The van der Waals surface area contributed by atoms with E-state index in [2.05, 4.69) is 17.3 Å². The minimum absolute atomic E-state index is 0.0744. The van der Waals surface area contributed by atoms with E-state index in [-0.39, 0.29) is 6.42 Å². The van der Waals surface area contributed by atoms with Gasteiger partial charge in [-0.15, -0.1) is 0 Å². The average Bonchev–Trinajstić information content (AvgIpc) is 2.94. The molecule has 3 aromatic rings. The Labute approximate surface area is 151 Å². The molecule has 0 radical (unpaired) electrons. The number of nitrogens with two attached hydrogens (primary N) is 1. The summed E-state index contributed by atoms with van der Waals surface area (Å²) in [5.41, 5.74) is 12.2. The van der Waals surface area contributed by atoms with Crippen LogP contribution in [0.25, 0.3) is 11.1 Å². The van der Waals surface area contributed by atoms with Crippen LogP contribution in [0.3, 0.4) is 0 Å². The van der Waals surface area contributed by atoms with Crippen LogP contribution in [0.1, 0.15) is 40.6 Å². The lowest BCUT2D eigenvalue weighted by Gasteiger charge is -2.11. The molecule has 4 rings (SSSR count). The lowest BCUT2D eigenvalue weighted by molar-refractivity contribution is -0.118. The number of hydrogen-bond donors (Lipinski definition) is 1. The Balaban J connectivity index is 1.99. The van der Waals surface area contributed by atoms with Crippen LogP contribution < -0.4 is 5.73 Å². The van der Waals surface area contributed by atoms with Gasteiger partial charge in [0.15, 0.2) is 5.76 Å². The van der Waals surface area contributed by atoms with Gasteiger partial charge in [-0.25, -0.2) is 0 Å². The van der Waals surface area contributed by atoms with E-state index in [4.69, 9.17) is 15.2 Å². The summed E-state index contributed by atoms with van der Waals surface area (Å²) in [7, 11) is 0. The van der Waals surface area contributed by atoms with Crippen LogP contribution in [-0.4, -0.2) is 16.8 Å². The highest BCUT2D eigenvalue weighted by atomic mass is 16.5. The average molecular weight is 345 g/mol. The third-order valence-corrected chi connectivity index (χ3v) is 4.65. The van der Waals surface area contributed by atoms with Crippen LogP contribution >= 0.6 is 0 Å². The van der Waals surface area contributed by atoms with Gasteiger partial charge in [0.2, 0.25) is 5.91 Å². The molecule has 0 saturated carbocycles. The van der Waals surface area contributed by atoms with Crippen molar-refractivity contribution in [2.24, 2.45) is 10.7 Å². The van der Waals surface area contributed by atoms with Crippen LogP contribution in [-0.2, 0) is 4.79 Å². The summed E-state index contributed by atoms with van der Waals surface area (Å²) < 4.78 is 5.58. The van der Waals surface area contributed by atoms with E-state index in [1.807, 2.05) is 50.2 Å². The number of aromatic nitrogens is 1. The standard InChI is InChI=1S/C21H19N3O2/c1-12-7-9-14(10-8-12)20-16-6-4-3-5-15(16)19-13(2)24-26-21(19)17(23-20)11-18(22)25/h3-10,17H,11H2,1-2H3,(H2,22,25)/t17-/m0/s1. The van der Waals surface area contributed by atoms with Gasteiger partial charge in [0.05, 0.1) is 23.4 Å². The SMILES string of the molecule is Cc1ccc(C2=N[C@@H](CC(N)=O)c3onc(C)c3-c3ccccc32)cc1. The van der Waals surface area contributed by atoms with Gasteiger partial charge in [0.25, 0.3) is 0 Å². The molecule has 0 spiro atoms. The molecule has 1 aliphatic rings. The van der Waals surface area contributed by atoms with E-state index < -0.39 is 11.9 Å². The summed E-state index contributed by atoms with van der Waals surface area (Å²) in [6.07, 6.45) is 0.0744. The third kappa shape index (κ3) is 2.71. The second-order valence-corrected chi connectivity index (χ2v) is 6.58. The largest absolute Gasteiger partial charge is 0.370 e. The van der Waals surface area contributed by atoms with E-state index in [9.17, 15) is 4.79 Å². The van der Waals surface area contributed by atoms with Gasteiger partial charge in [0.1, 0.15) is 6.04 Å². The second kappa shape index (κ2) is 6.26. The van der Waals surface area contributed by atoms with Crippen molar-refractivity contribution in [1.82, 2.24) is 5.16 Å². The van der Waals surface area contributed by atoms with E-state index in [1.165, 1.54) is 5.56 Å². The Morgan fingerprint density at radius 2 is 1.77 bits per heavy atom. The van der Waals surface area contributed by atoms with Gasteiger partial charge in [-0.1, -0.05) is 59.3 Å². The molecule has 1 aliphatic heterocycles. The minimum atomic E-state index is -0.493. The summed E-state index contributed by atoms with van der Waals surface area (Å²) >= 11 is 0. The van der Waals surface area contributed by atoms with E-state index in [0.29, 0.717) is 5.76 Å². The molecule has 26 heavy (non-hydrogen) atoms. The van der Waals surface area contributed by atoms with Crippen molar-refractivity contribution in [1.29, 1.82) is 0 Å². The summed E-state index contributed by atoms with van der Waals surface area (Å²) in [5.74, 6) is 0.170. The maximum absolute atomic E-state index is 11.6. The highest BCUT2D eigenvalue weighted by Gasteiger charge is 2.30. The topological polar surface area (TPSA) is 81.5 Å². The van der Waals surface area contributed by atoms with Crippen molar-refractivity contribution in [3.63, 3.8) is 0 Å². The number of primary amides is 1. The molecule has 1 atom stereocenters. The number of carbonyl (C=O) groups excluding carboxylic acids is 1. The fourth-order valence-corrected chi connectivity index (χ4v) is 3.40. The highest BCUT2D eigenvalue weighted by Crippen LogP contribution is 2.40. The van der Waals surface area contributed by atoms with Gasteiger partial charge < -0.3 is 10.3 Å². The fourth-order valence-electron chi connectivity index (χ4n) is 3.40. The number of nitrogens with zero attached hydrogens (tertiary/aromatic N) is 2. The predicted molar refractivity (Wildman–Crippen MR) is 100 cm³/mol. The highest BCUT2D eigenvalue weighted by molar-refractivity contribution is 6.17. The van der Waals surface area contributed by atoms with Gasteiger partial charge >= 0.3 is 0 Å². The third-order valence-electron chi connectivity index (χ3n) is 4.65. The number of aryl methyl sites for hydroxylation is 2. The summed E-state index contributed by atoms with van der Waals surface area (Å²) in [4.78, 5) is 16.5. The Morgan fingerprint density at radius 1 is 1.08 bits per heavy atom. The molecule has 1 aromatic heterocycles. The number of hydrogen-bond acceptors (Lipinski definition) is 4. The number of aliphatic imine (C=N–C) groups is 1. The molecule has 2 aromatic carbocycles. The van der Waals surface area contributed by atoms with Crippen molar-refractivity contribution >= 4 is 11.6 Å². The number of carbonyl (C=O) groups is 1. The molecule has 5 heteroatoms. The molecule has 0 saturated heterocycles. The van der Waals surface area contributed by atoms with Crippen molar-refractivity contribution in [3.8, 4) is 11.1 Å². The number of amides is 1. The molecule has 1 amide bonds. The molecule has 2 N–H and O–H groups in total. The van der Waals surface area contributed by atoms with Crippen molar-refractivity contribution in [2.45, 2.75) is 26.3 Å². The first-order valence-electron chi connectivity index (χ1n) is 8.53. The smallest absolute Gasteiger partial charge is 0.220 e. The molecule has 130 valence electrons. The first-order chi connectivity index (χ1) is 12.5. The van der Waals surface area contributed by atoms with E-state index in [1.54, 1.807) is 0 Å².